The van der Waals surface area contributed by atoms with Crippen molar-refractivity contribution in [1.29, 1.82) is 0 Å². The van der Waals surface area contributed by atoms with Gasteiger partial charge < -0.3 is 14.6 Å². The second-order valence-electron chi connectivity index (χ2n) is 4.99. The zero-order chi connectivity index (χ0) is 11.6. The topological polar surface area (TPSA) is 55.8 Å². The van der Waals surface area contributed by atoms with Gasteiger partial charge in [0.15, 0.2) is 5.60 Å². The van der Waals surface area contributed by atoms with Crippen molar-refractivity contribution in [3.05, 3.63) is 0 Å². The Balaban J connectivity index is 1.83. The third-order valence-corrected chi connectivity index (χ3v) is 3.62. The van der Waals surface area contributed by atoms with Gasteiger partial charge in [-0.3, -0.25) is 0 Å². The average molecular weight is 228 g/mol. The van der Waals surface area contributed by atoms with E-state index in [0.717, 1.165) is 38.7 Å². The van der Waals surface area contributed by atoms with Gasteiger partial charge in [-0.05, 0) is 44.9 Å². The minimum Gasteiger partial charge on any atom is -0.479 e. The molecule has 1 N–H and O–H groups in total. The quantitative estimate of drug-likeness (QED) is 0.780. The van der Waals surface area contributed by atoms with Crippen molar-refractivity contribution in [2.24, 2.45) is 5.92 Å². The van der Waals surface area contributed by atoms with Crippen LogP contribution in [0, 0.1) is 5.92 Å². The molecule has 2 rings (SSSR count). The van der Waals surface area contributed by atoms with Crippen LogP contribution in [0.1, 0.15) is 39.0 Å². The summed E-state index contributed by atoms with van der Waals surface area (Å²) in [4.78, 5) is 11.2. The fourth-order valence-electron chi connectivity index (χ4n) is 2.19. The molecule has 2 unspecified atom stereocenters. The third kappa shape index (κ3) is 2.55. The fourth-order valence-corrected chi connectivity index (χ4v) is 2.19. The molecule has 2 fully saturated rings. The first-order valence-corrected chi connectivity index (χ1v) is 6.12. The minimum atomic E-state index is -0.999. The maximum atomic E-state index is 11.2. The van der Waals surface area contributed by atoms with E-state index in [0.29, 0.717) is 6.61 Å². The Hall–Kier alpha value is -0.610. The van der Waals surface area contributed by atoms with Gasteiger partial charge in [-0.2, -0.15) is 0 Å². The Kier molecular flexibility index (Phi) is 3.50. The first kappa shape index (κ1) is 11.9. The molecular formula is C12H20O4. The first-order chi connectivity index (χ1) is 7.63. The van der Waals surface area contributed by atoms with Crippen molar-refractivity contribution in [2.45, 2.75) is 50.7 Å². The highest BCUT2D eigenvalue weighted by Gasteiger charge is 2.49. The van der Waals surface area contributed by atoms with E-state index < -0.39 is 11.6 Å². The Morgan fingerprint density at radius 1 is 1.44 bits per heavy atom. The van der Waals surface area contributed by atoms with Crippen molar-refractivity contribution in [3.63, 3.8) is 0 Å². The normalized spacial score (nSPS) is 29.7. The Bertz CT molecular complexity index is 256. The molecule has 0 aromatic heterocycles. The molecule has 92 valence electrons. The molecule has 16 heavy (non-hydrogen) atoms. The average Bonchev–Trinajstić information content (AvgIpc) is 3.11. The van der Waals surface area contributed by atoms with Gasteiger partial charge in [-0.25, -0.2) is 4.79 Å². The number of carbonyl (C=O) groups is 1. The van der Waals surface area contributed by atoms with Crippen molar-refractivity contribution < 1.29 is 19.4 Å². The maximum absolute atomic E-state index is 11.2. The van der Waals surface area contributed by atoms with Gasteiger partial charge in [0.25, 0.3) is 0 Å². The number of rotatable bonds is 5. The molecule has 2 aliphatic rings. The molecule has 1 aliphatic heterocycles. The van der Waals surface area contributed by atoms with E-state index >= 15 is 0 Å². The Labute approximate surface area is 95.9 Å². The Morgan fingerprint density at radius 3 is 2.69 bits per heavy atom. The maximum Gasteiger partial charge on any atom is 0.335 e. The van der Waals surface area contributed by atoms with E-state index in [1.54, 1.807) is 6.92 Å². The van der Waals surface area contributed by atoms with Crippen LogP contribution < -0.4 is 0 Å². The molecule has 0 aromatic rings. The van der Waals surface area contributed by atoms with Crippen LogP contribution >= 0.6 is 0 Å². The molecule has 4 heteroatoms. The van der Waals surface area contributed by atoms with Crippen molar-refractivity contribution in [2.75, 3.05) is 13.2 Å². The standard InChI is InChI=1S/C12H20O4/c1-12(11(13)14,9-5-6-9)16-8-10-4-2-3-7-15-10/h9-10H,2-8H2,1H3,(H,13,14). The van der Waals surface area contributed by atoms with E-state index in [1.807, 2.05) is 0 Å². The van der Waals surface area contributed by atoms with Crippen LogP contribution in [0.15, 0.2) is 0 Å². The molecule has 1 saturated carbocycles. The van der Waals surface area contributed by atoms with E-state index in [9.17, 15) is 9.90 Å². The summed E-state index contributed by atoms with van der Waals surface area (Å²) in [6, 6.07) is 0. The van der Waals surface area contributed by atoms with Crippen LogP contribution in [0.4, 0.5) is 0 Å². The van der Waals surface area contributed by atoms with E-state index in [1.165, 1.54) is 0 Å². The molecule has 1 saturated heterocycles. The molecule has 0 spiro atoms. The molecule has 0 bridgehead atoms. The highest BCUT2D eigenvalue weighted by atomic mass is 16.6. The lowest BCUT2D eigenvalue weighted by molar-refractivity contribution is -0.173. The van der Waals surface area contributed by atoms with E-state index in [-0.39, 0.29) is 12.0 Å². The summed E-state index contributed by atoms with van der Waals surface area (Å²) >= 11 is 0. The summed E-state index contributed by atoms with van der Waals surface area (Å²) in [7, 11) is 0. The second-order valence-corrected chi connectivity index (χ2v) is 4.99. The first-order valence-electron chi connectivity index (χ1n) is 6.12. The van der Waals surface area contributed by atoms with E-state index in [4.69, 9.17) is 9.47 Å². The molecule has 0 amide bonds. The molecule has 4 nitrogen and oxygen atoms in total. The molecular weight excluding hydrogens is 208 g/mol. The fraction of sp³-hybridized carbons (Fsp3) is 0.917. The predicted octanol–water partition coefficient (Wildman–Crippen LogP) is 1.83. The number of carboxylic acids is 1. The summed E-state index contributed by atoms with van der Waals surface area (Å²) in [5, 5.41) is 9.21. The molecule has 2 atom stereocenters. The van der Waals surface area contributed by atoms with E-state index in [2.05, 4.69) is 0 Å². The number of ether oxygens (including phenoxy) is 2. The summed E-state index contributed by atoms with van der Waals surface area (Å²) in [6.45, 7) is 2.89. The second kappa shape index (κ2) is 4.72. The summed E-state index contributed by atoms with van der Waals surface area (Å²) in [5.74, 6) is -0.653. The number of hydrogen-bond donors (Lipinski definition) is 1. The summed E-state index contributed by atoms with van der Waals surface area (Å²) < 4.78 is 11.2. The van der Waals surface area contributed by atoms with Crippen LogP contribution in [0.5, 0.6) is 0 Å². The van der Waals surface area contributed by atoms with Crippen molar-refractivity contribution >= 4 is 5.97 Å². The van der Waals surface area contributed by atoms with Crippen LogP contribution in [0.2, 0.25) is 0 Å². The van der Waals surface area contributed by atoms with Crippen LogP contribution in [-0.2, 0) is 14.3 Å². The lowest BCUT2D eigenvalue weighted by Crippen LogP contribution is -2.43. The highest BCUT2D eigenvalue weighted by Crippen LogP contribution is 2.42. The zero-order valence-electron chi connectivity index (χ0n) is 9.78. The summed E-state index contributed by atoms with van der Waals surface area (Å²) in [5.41, 5.74) is -0.999. The van der Waals surface area contributed by atoms with Crippen molar-refractivity contribution in [1.82, 2.24) is 0 Å². The number of aliphatic carboxylic acids is 1. The lowest BCUT2D eigenvalue weighted by Gasteiger charge is -2.29. The number of hydrogen-bond acceptors (Lipinski definition) is 3. The van der Waals surface area contributed by atoms with Crippen LogP contribution in [0.3, 0.4) is 0 Å². The van der Waals surface area contributed by atoms with Gasteiger partial charge in [0.1, 0.15) is 0 Å². The van der Waals surface area contributed by atoms with Gasteiger partial charge in [0, 0.05) is 6.61 Å². The minimum absolute atomic E-state index is 0.0891. The molecule has 0 aromatic carbocycles. The summed E-state index contributed by atoms with van der Waals surface area (Å²) in [6.07, 6.45) is 5.27. The largest absolute Gasteiger partial charge is 0.479 e. The van der Waals surface area contributed by atoms with Crippen molar-refractivity contribution in [3.8, 4) is 0 Å². The smallest absolute Gasteiger partial charge is 0.335 e. The monoisotopic (exact) mass is 228 g/mol. The molecule has 0 radical (unpaired) electrons. The van der Waals surface area contributed by atoms with Crippen LogP contribution in [0.25, 0.3) is 0 Å². The predicted molar refractivity (Wildman–Crippen MR) is 58.3 cm³/mol. The SMILES string of the molecule is CC(OCC1CCCCO1)(C(=O)O)C1CC1. The van der Waals surface area contributed by atoms with Gasteiger partial charge in [0.2, 0.25) is 0 Å². The van der Waals surface area contributed by atoms with Gasteiger partial charge in [-0.15, -0.1) is 0 Å². The Morgan fingerprint density at radius 2 is 2.19 bits per heavy atom. The lowest BCUT2D eigenvalue weighted by atomic mass is 10.0. The number of carboxylic acid groups (broad SMARTS) is 1. The van der Waals surface area contributed by atoms with Gasteiger partial charge >= 0.3 is 5.97 Å². The molecule has 1 heterocycles. The van der Waals surface area contributed by atoms with Gasteiger partial charge in [-0.1, -0.05) is 0 Å². The third-order valence-electron chi connectivity index (χ3n) is 3.62. The van der Waals surface area contributed by atoms with Crippen LogP contribution in [-0.4, -0.2) is 36.0 Å². The highest BCUT2D eigenvalue weighted by molar-refractivity contribution is 5.77. The zero-order valence-corrected chi connectivity index (χ0v) is 9.78. The molecule has 1 aliphatic carbocycles. The van der Waals surface area contributed by atoms with Gasteiger partial charge in [0.05, 0.1) is 12.7 Å².